The molecule has 2 aromatic carbocycles. The minimum atomic E-state index is -4.42. The Hall–Kier alpha value is -3.39. The fourth-order valence-electron chi connectivity index (χ4n) is 3.64. The molecule has 32 heavy (non-hydrogen) atoms. The molecule has 0 saturated heterocycles. The lowest BCUT2D eigenvalue weighted by atomic mass is 10.1. The summed E-state index contributed by atoms with van der Waals surface area (Å²) in [6, 6.07) is 12.8. The number of oxazole rings is 1. The van der Waals surface area contributed by atoms with E-state index in [9.17, 15) is 13.2 Å². The number of benzene rings is 2. The van der Waals surface area contributed by atoms with Crippen LogP contribution in [0.25, 0.3) is 22.4 Å². The van der Waals surface area contributed by atoms with Crippen LogP contribution in [0.15, 0.2) is 59.1 Å². The van der Waals surface area contributed by atoms with Crippen molar-refractivity contribution in [3.05, 3.63) is 77.3 Å². The molecular weight excluding hydrogens is 419 g/mol. The molecule has 2 heterocycles. The Balaban J connectivity index is 1.55. The smallest absolute Gasteiger partial charge is 0.416 e. The Labute approximate surface area is 183 Å². The topological polar surface area (TPSA) is 51.4 Å². The average Bonchev–Trinajstić information content (AvgIpc) is 3.13. The van der Waals surface area contributed by atoms with Gasteiger partial charge in [0.25, 0.3) is 0 Å². The summed E-state index contributed by atoms with van der Waals surface area (Å²) in [4.78, 5) is 11.0. The molecule has 0 spiro atoms. The molecule has 0 aliphatic carbocycles. The first kappa shape index (κ1) is 21.8. The molecule has 0 amide bonds. The molecule has 4 rings (SSSR count). The van der Waals surface area contributed by atoms with Crippen LogP contribution in [0.2, 0.25) is 0 Å². The number of nitrogens with zero attached hydrogens (tertiary/aromatic N) is 3. The minimum absolute atomic E-state index is 0.177. The number of methoxy groups -OCH3 is 1. The first-order valence-corrected chi connectivity index (χ1v) is 9.99. The van der Waals surface area contributed by atoms with E-state index >= 15 is 0 Å². The molecule has 0 fully saturated rings. The van der Waals surface area contributed by atoms with Gasteiger partial charge < -0.3 is 9.15 Å². The Morgan fingerprint density at radius 3 is 2.62 bits per heavy atom. The fourth-order valence-corrected chi connectivity index (χ4v) is 3.64. The molecule has 166 valence electrons. The van der Waals surface area contributed by atoms with Gasteiger partial charge in [-0.3, -0.25) is 9.88 Å². The molecule has 5 nitrogen and oxygen atoms in total. The highest BCUT2D eigenvalue weighted by Gasteiger charge is 2.31. The van der Waals surface area contributed by atoms with Crippen LogP contribution in [0.5, 0.6) is 5.75 Å². The monoisotopic (exact) mass is 441 g/mol. The van der Waals surface area contributed by atoms with Crippen molar-refractivity contribution in [1.82, 2.24) is 14.9 Å². The van der Waals surface area contributed by atoms with Crippen molar-refractivity contribution in [2.75, 3.05) is 14.2 Å². The summed E-state index contributed by atoms with van der Waals surface area (Å²) in [5.74, 6) is 1.46. The van der Waals surface area contributed by atoms with Gasteiger partial charge in [-0.15, -0.1) is 0 Å². The van der Waals surface area contributed by atoms with E-state index in [4.69, 9.17) is 9.15 Å². The molecule has 8 heteroatoms. The van der Waals surface area contributed by atoms with Crippen molar-refractivity contribution in [1.29, 1.82) is 0 Å². The number of aromatic nitrogens is 2. The summed E-state index contributed by atoms with van der Waals surface area (Å²) >= 11 is 0. The predicted molar refractivity (Wildman–Crippen MR) is 115 cm³/mol. The van der Waals surface area contributed by atoms with Crippen LogP contribution in [-0.4, -0.2) is 29.0 Å². The van der Waals surface area contributed by atoms with Gasteiger partial charge >= 0.3 is 6.18 Å². The van der Waals surface area contributed by atoms with Crippen LogP contribution in [0.1, 0.15) is 22.6 Å². The fraction of sp³-hybridized carbons (Fsp3) is 0.250. The first-order chi connectivity index (χ1) is 15.3. The summed E-state index contributed by atoms with van der Waals surface area (Å²) in [7, 11) is 3.56. The van der Waals surface area contributed by atoms with Gasteiger partial charge in [0.2, 0.25) is 5.89 Å². The molecule has 0 N–H and O–H groups in total. The number of hydrogen-bond donors (Lipinski definition) is 0. The Kier molecular flexibility index (Phi) is 5.88. The number of aryl methyl sites for hydroxylation is 1. The number of alkyl halides is 3. The van der Waals surface area contributed by atoms with Crippen molar-refractivity contribution >= 4 is 10.9 Å². The zero-order chi connectivity index (χ0) is 22.9. The van der Waals surface area contributed by atoms with Gasteiger partial charge in [0, 0.05) is 30.2 Å². The molecule has 0 atom stereocenters. The highest BCUT2D eigenvalue weighted by Crippen LogP contribution is 2.33. The van der Waals surface area contributed by atoms with E-state index in [1.54, 1.807) is 26.3 Å². The molecule has 2 aromatic heterocycles. The number of halogens is 3. The quantitative estimate of drug-likeness (QED) is 0.375. The summed E-state index contributed by atoms with van der Waals surface area (Å²) in [6.07, 6.45) is -2.69. The van der Waals surface area contributed by atoms with Gasteiger partial charge in [0.05, 0.1) is 18.4 Å². The van der Waals surface area contributed by atoms with Crippen molar-refractivity contribution in [2.45, 2.75) is 26.2 Å². The number of pyridine rings is 1. The Morgan fingerprint density at radius 2 is 1.88 bits per heavy atom. The lowest BCUT2D eigenvalue weighted by molar-refractivity contribution is -0.137. The van der Waals surface area contributed by atoms with Crippen LogP contribution >= 0.6 is 0 Å². The second kappa shape index (κ2) is 8.63. The van der Waals surface area contributed by atoms with Gasteiger partial charge in [-0.25, -0.2) is 4.98 Å². The first-order valence-electron chi connectivity index (χ1n) is 9.99. The van der Waals surface area contributed by atoms with E-state index in [1.807, 2.05) is 31.3 Å². The van der Waals surface area contributed by atoms with Crippen LogP contribution in [0, 0.1) is 6.92 Å². The van der Waals surface area contributed by atoms with Crippen LogP contribution in [0.3, 0.4) is 0 Å². The maximum atomic E-state index is 13.0. The Morgan fingerprint density at radius 1 is 1.06 bits per heavy atom. The highest BCUT2D eigenvalue weighted by atomic mass is 19.4. The van der Waals surface area contributed by atoms with Gasteiger partial charge in [0.1, 0.15) is 17.0 Å². The molecule has 0 aliphatic heterocycles. The van der Waals surface area contributed by atoms with E-state index in [0.29, 0.717) is 35.9 Å². The van der Waals surface area contributed by atoms with Gasteiger partial charge in [-0.2, -0.15) is 13.2 Å². The van der Waals surface area contributed by atoms with Crippen LogP contribution in [0.4, 0.5) is 13.2 Å². The zero-order valence-electron chi connectivity index (χ0n) is 17.9. The van der Waals surface area contributed by atoms with E-state index in [2.05, 4.69) is 14.9 Å². The second-order valence-electron chi connectivity index (χ2n) is 7.60. The number of ether oxygens (including phenoxy) is 1. The Bertz CT molecular complexity index is 1250. The summed E-state index contributed by atoms with van der Waals surface area (Å²) in [5, 5.41) is 1.00. The molecule has 0 saturated carbocycles. The molecular formula is C24H22F3N3O2. The third kappa shape index (κ3) is 4.45. The van der Waals surface area contributed by atoms with Crippen molar-refractivity contribution in [2.24, 2.45) is 0 Å². The van der Waals surface area contributed by atoms with E-state index in [1.165, 1.54) is 6.07 Å². The van der Waals surface area contributed by atoms with Gasteiger partial charge in [-0.1, -0.05) is 18.2 Å². The largest absolute Gasteiger partial charge is 0.494 e. The molecule has 4 aromatic rings. The van der Waals surface area contributed by atoms with E-state index < -0.39 is 11.7 Å². The van der Waals surface area contributed by atoms with Crippen molar-refractivity contribution < 1.29 is 22.3 Å². The average molecular weight is 441 g/mol. The highest BCUT2D eigenvalue weighted by molar-refractivity contribution is 5.87. The third-order valence-corrected chi connectivity index (χ3v) is 5.23. The maximum Gasteiger partial charge on any atom is 0.416 e. The number of rotatable bonds is 6. The molecule has 0 radical (unpaired) electrons. The summed E-state index contributed by atoms with van der Waals surface area (Å²) < 4.78 is 50.2. The lowest BCUT2D eigenvalue weighted by Crippen LogP contribution is -2.18. The predicted octanol–water partition coefficient (Wildman–Crippen LogP) is 5.86. The SMILES string of the molecule is COc1ccc(CN(C)Cc2nc(-c3cccc(C(F)(F)F)c3)oc2C)c2cccnc12. The van der Waals surface area contributed by atoms with Gasteiger partial charge in [0.15, 0.2) is 0 Å². The summed E-state index contributed by atoms with van der Waals surface area (Å²) in [6.45, 7) is 2.86. The van der Waals surface area contributed by atoms with Crippen molar-refractivity contribution in [3.8, 4) is 17.2 Å². The normalized spacial score (nSPS) is 12.0. The van der Waals surface area contributed by atoms with Crippen molar-refractivity contribution in [3.63, 3.8) is 0 Å². The van der Waals surface area contributed by atoms with Crippen LogP contribution < -0.4 is 4.74 Å². The third-order valence-electron chi connectivity index (χ3n) is 5.23. The van der Waals surface area contributed by atoms with Crippen LogP contribution in [-0.2, 0) is 19.3 Å². The summed E-state index contributed by atoms with van der Waals surface area (Å²) in [5.41, 5.74) is 2.12. The van der Waals surface area contributed by atoms with E-state index in [0.717, 1.165) is 28.6 Å². The molecule has 0 bridgehead atoms. The van der Waals surface area contributed by atoms with E-state index in [-0.39, 0.29) is 5.89 Å². The second-order valence-corrected chi connectivity index (χ2v) is 7.60. The lowest BCUT2D eigenvalue weighted by Gasteiger charge is -2.17. The number of hydrogen-bond acceptors (Lipinski definition) is 5. The maximum absolute atomic E-state index is 13.0. The number of fused-ring (bicyclic) bond motifs is 1. The minimum Gasteiger partial charge on any atom is -0.494 e. The molecule has 0 aliphatic rings. The van der Waals surface area contributed by atoms with Gasteiger partial charge in [-0.05, 0) is 49.9 Å². The zero-order valence-corrected chi connectivity index (χ0v) is 17.9. The molecule has 0 unspecified atom stereocenters. The standard InChI is InChI=1S/C24H22F3N3O2/c1-15-20(29-23(32-15)16-6-4-7-18(12-16)24(25,26)27)14-30(2)13-17-9-10-21(31-3)22-19(17)8-5-11-28-22/h4-12H,13-14H2,1-3H3.